The minimum absolute atomic E-state index is 0.137. The van der Waals surface area contributed by atoms with Gasteiger partial charge in [0.1, 0.15) is 5.82 Å². The van der Waals surface area contributed by atoms with Crippen LogP contribution >= 0.6 is 11.3 Å². The molecule has 0 fully saturated rings. The smallest absolute Gasteiger partial charge is 0.257 e. The molecule has 0 atom stereocenters. The predicted octanol–water partition coefficient (Wildman–Crippen LogP) is 2.08. The first-order valence-corrected chi connectivity index (χ1v) is 6.42. The summed E-state index contributed by atoms with van der Waals surface area (Å²) < 4.78 is 0. The van der Waals surface area contributed by atoms with Crippen LogP contribution in [0.1, 0.15) is 29.6 Å². The number of hydrogen-bond acceptors (Lipinski definition) is 4. The van der Waals surface area contributed by atoms with Crippen molar-refractivity contribution in [3.05, 3.63) is 44.1 Å². The summed E-state index contributed by atoms with van der Waals surface area (Å²) in [5.41, 5.74) is 0.147. The normalized spacial score (nSPS) is 10.6. The number of aromatic amines is 1. The zero-order valence-corrected chi connectivity index (χ0v) is 10.4. The Morgan fingerprint density at radius 1 is 1.53 bits per heavy atom. The van der Waals surface area contributed by atoms with Crippen molar-refractivity contribution < 1.29 is 5.11 Å². The van der Waals surface area contributed by atoms with Gasteiger partial charge in [-0.2, -0.15) is 4.98 Å². The summed E-state index contributed by atoms with van der Waals surface area (Å²) in [6.45, 7) is 1.96. The van der Waals surface area contributed by atoms with E-state index in [1.54, 1.807) is 11.3 Å². The Balaban J connectivity index is 2.29. The second-order valence-electron chi connectivity index (χ2n) is 3.82. The van der Waals surface area contributed by atoms with Crippen molar-refractivity contribution >= 4 is 11.3 Å². The van der Waals surface area contributed by atoms with Crippen LogP contribution in [0.25, 0.3) is 0 Å². The molecular formula is C12H14N2O2S. The molecule has 90 valence electrons. The molecule has 5 heteroatoms. The average Bonchev–Trinajstić information content (AvgIpc) is 2.76. The van der Waals surface area contributed by atoms with E-state index in [-0.39, 0.29) is 11.4 Å². The Labute approximate surface area is 103 Å². The highest BCUT2D eigenvalue weighted by molar-refractivity contribution is 7.09. The lowest BCUT2D eigenvalue weighted by Crippen LogP contribution is -2.16. The molecule has 0 aromatic carbocycles. The third kappa shape index (κ3) is 2.74. The first-order valence-electron chi connectivity index (χ1n) is 5.54. The van der Waals surface area contributed by atoms with Crippen LogP contribution in [-0.4, -0.2) is 15.1 Å². The zero-order chi connectivity index (χ0) is 12.3. The molecule has 2 heterocycles. The molecule has 2 aromatic heterocycles. The topological polar surface area (TPSA) is 66.0 Å². The zero-order valence-electron chi connectivity index (χ0n) is 9.56. The highest BCUT2D eigenvalue weighted by Crippen LogP contribution is 2.15. The summed E-state index contributed by atoms with van der Waals surface area (Å²) in [6, 6.07) is 3.92. The van der Waals surface area contributed by atoms with Crippen LogP contribution in [0.15, 0.2) is 22.3 Å². The Morgan fingerprint density at radius 3 is 2.94 bits per heavy atom. The van der Waals surface area contributed by atoms with E-state index >= 15 is 0 Å². The van der Waals surface area contributed by atoms with E-state index in [0.29, 0.717) is 24.2 Å². The third-order valence-electron chi connectivity index (χ3n) is 2.46. The van der Waals surface area contributed by atoms with Crippen LogP contribution in [0.3, 0.4) is 0 Å². The van der Waals surface area contributed by atoms with E-state index in [1.807, 2.05) is 24.4 Å². The van der Waals surface area contributed by atoms with Crippen LogP contribution in [0, 0.1) is 0 Å². The first kappa shape index (κ1) is 11.9. The lowest BCUT2D eigenvalue weighted by molar-refractivity contribution is 0.439. The number of H-pyrrole nitrogens is 1. The van der Waals surface area contributed by atoms with Crippen LogP contribution in [0.5, 0.6) is 5.88 Å². The predicted molar refractivity (Wildman–Crippen MR) is 67.6 cm³/mol. The van der Waals surface area contributed by atoms with Crippen LogP contribution in [0.4, 0.5) is 0 Å². The molecule has 0 amide bonds. The van der Waals surface area contributed by atoms with E-state index < -0.39 is 0 Å². The molecule has 0 aliphatic rings. The molecule has 2 rings (SSSR count). The van der Waals surface area contributed by atoms with Gasteiger partial charge in [0.05, 0.1) is 5.56 Å². The van der Waals surface area contributed by atoms with Gasteiger partial charge in [-0.1, -0.05) is 19.4 Å². The number of aromatic hydroxyl groups is 1. The highest BCUT2D eigenvalue weighted by atomic mass is 32.1. The fraction of sp³-hybridized carbons (Fsp3) is 0.333. The molecule has 17 heavy (non-hydrogen) atoms. The van der Waals surface area contributed by atoms with Gasteiger partial charge in [-0.3, -0.25) is 4.79 Å². The lowest BCUT2D eigenvalue weighted by atomic mass is 10.2. The summed E-state index contributed by atoms with van der Waals surface area (Å²) in [7, 11) is 0. The Kier molecular flexibility index (Phi) is 3.58. The van der Waals surface area contributed by atoms with Crippen molar-refractivity contribution in [2.45, 2.75) is 26.2 Å². The van der Waals surface area contributed by atoms with Crippen LogP contribution < -0.4 is 5.56 Å². The highest BCUT2D eigenvalue weighted by Gasteiger charge is 2.10. The number of thiophene rings is 1. The molecule has 0 saturated heterocycles. The number of aromatic nitrogens is 2. The second kappa shape index (κ2) is 5.14. The van der Waals surface area contributed by atoms with Gasteiger partial charge >= 0.3 is 0 Å². The number of nitrogens with zero attached hydrogens (tertiary/aromatic N) is 1. The molecule has 0 saturated carbocycles. The molecule has 0 unspecified atom stereocenters. The van der Waals surface area contributed by atoms with Gasteiger partial charge in [-0.05, 0) is 17.9 Å². The third-order valence-corrected chi connectivity index (χ3v) is 3.34. The van der Waals surface area contributed by atoms with Crippen LogP contribution in [0.2, 0.25) is 0 Å². The molecule has 0 aliphatic heterocycles. The Bertz CT molecular complexity index is 546. The van der Waals surface area contributed by atoms with Gasteiger partial charge in [-0.25, -0.2) is 0 Å². The Hall–Kier alpha value is -1.62. The molecule has 4 nitrogen and oxygen atoms in total. The standard InChI is InChI=1S/C12H14N2O2S/c1-2-4-9-11(15)13-10(14-12(9)16)7-8-5-3-6-17-8/h3,5-6H,2,4,7H2,1H3,(H2,13,14,15,16). The van der Waals surface area contributed by atoms with Gasteiger partial charge < -0.3 is 10.1 Å². The summed E-state index contributed by atoms with van der Waals surface area (Å²) in [4.78, 5) is 19.6. The average molecular weight is 250 g/mol. The second-order valence-corrected chi connectivity index (χ2v) is 4.85. The number of rotatable bonds is 4. The van der Waals surface area contributed by atoms with Gasteiger partial charge in [0, 0.05) is 11.3 Å². The quantitative estimate of drug-likeness (QED) is 0.873. The van der Waals surface area contributed by atoms with E-state index in [4.69, 9.17) is 0 Å². The first-order chi connectivity index (χ1) is 8.20. The SMILES string of the molecule is CCCc1c(O)nc(Cc2cccs2)[nH]c1=O. The maximum atomic E-state index is 11.7. The minimum Gasteiger partial charge on any atom is -0.493 e. The largest absolute Gasteiger partial charge is 0.493 e. The van der Waals surface area contributed by atoms with Crippen molar-refractivity contribution in [2.24, 2.45) is 0 Å². The van der Waals surface area contributed by atoms with Gasteiger partial charge in [0.15, 0.2) is 0 Å². The number of hydrogen-bond donors (Lipinski definition) is 2. The van der Waals surface area contributed by atoms with Gasteiger partial charge in [-0.15, -0.1) is 11.3 Å². The summed E-state index contributed by atoms with van der Waals surface area (Å²) in [6.07, 6.45) is 1.91. The fourth-order valence-electron chi connectivity index (χ4n) is 1.67. The maximum Gasteiger partial charge on any atom is 0.257 e. The molecule has 0 spiro atoms. The molecule has 0 radical (unpaired) electrons. The van der Waals surface area contributed by atoms with Gasteiger partial charge in [0.2, 0.25) is 5.88 Å². The minimum atomic E-state index is -0.231. The lowest BCUT2D eigenvalue weighted by Gasteiger charge is -2.04. The van der Waals surface area contributed by atoms with Crippen LogP contribution in [-0.2, 0) is 12.8 Å². The van der Waals surface area contributed by atoms with Crippen molar-refractivity contribution in [2.75, 3.05) is 0 Å². The molecule has 2 N–H and O–H groups in total. The van der Waals surface area contributed by atoms with Crippen molar-refractivity contribution in [1.82, 2.24) is 9.97 Å². The van der Waals surface area contributed by atoms with E-state index in [1.165, 1.54) is 0 Å². The molecular weight excluding hydrogens is 236 g/mol. The van der Waals surface area contributed by atoms with E-state index in [2.05, 4.69) is 9.97 Å². The maximum absolute atomic E-state index is 11.7. The summed E-state index contributed by atoms with van der Waals surface area (Å²) in [5, 5.41) is 11.7. The van der Waals surface area contributed by atoms with Crippen molar-refractivity contribution in [3.8, 4) is 5.88 Å². The summed E-state index contributed by atoms with van der Waals surface area (Å²) in [5.74, 6) is 0.372. The fourth-order valence-corrected chi connectivity index (χ4v) is 2.38. The molecule has 2 aromatic rings. The van der Waals surface area contributed by atoms with E-state index in [0.717, 1.165) is 11.3 Å². The van der Waals surface area contributed by atoms with E-state index in [9.17, 15) is 9.90 Å². The summed E-state index contributed by atoms with van der Waals surface area (Å²) >= 11 is 1.60. The molecule has 0 bridgehead atoms. The molecule has 0 aliphatic carbocycles. The number of nitrogens with one attached hydrogen (secondary N) is 1. The van der Waals surface area contributed by atoms with Crippen molar-refractivity contribution in [1.29, 1.82) is 0 Å². The Morgan fingerprint density at radius 2 is 2.35 bits per heavy atom. The van der Waals surface area contributed by atoms with Gasteiger partial charge in [0.25, 0.3) is 5.56 Å². The monoisotopic (exact) mass is 250 g/mol. The van der Waals surface area contributed by atoms with Crippen molar-refractivity contribution in [3.63, 3.8) is 0 Å².